The highest BCUT2D eigenvalue weighted by Crippen LogP contribution is 2.32. The Hall–Kier alpha value is 0.230. The second kappa shape index (κ2) is 2.88. The van der Waals surface area contributed by atoms with Crippen molar-refractivity contribution in [3.05, 3.63) is 0 Å². The third-order valence-electron chi connectivity index (χ3n) is 1.23. The van der Waals surface area contributed by atoms with Crippen LogP contribution in [0.2, 0.25) is 0 Å². The average Bonchev–Trinajstić information content (AvgIpc) is 2.36. The molecular weight excluding hydrogens is 140 g/mol. The molecule has 0 bridgehead atoms. The molecule has 1 saturated heterocycles. The van der Waals surface area contributed by atoms with Gasteiger partial charge >= 0.3 is 0 Å². The summed E-state index contributed by atoms with van der Waals surface area (Å²) >= 11 is 1.50. The summed E-state index contributed by atoms with van der Waals surface area (Å²) in [5, 5.41) is 8.00. The molecule has 0 aromatic carbocycles. The van der Waals surface area contributed by atoms with E-state index in [9.17, 15) is 0 Å². The third-order valence-corrected chi connectivity index (χ3v) is 2.46. The Morgan fingerprint density at radius 2 is 2.67 bits per heavy atom. The topological polar surface area (TPSA) is 38.7 Å². The van der Waals surface area contributed by atoms with E-state index in [1.54, 1.807) is 0 Å². The molecule has 4 heteroatoms. The zero-order chi connectivity index (χ0) is 6.74. The lowest BCUT2D eigenvalue weighted by molar-refractivity contribution is -0.161. The van der Waals surface area contributed by atoms with Crippen LogP contribution in [-0.2, 0) is 9.47 Å². The van der Waals surface area contributed by atoms with Crippen molar-refractivity contribution in [2.75, 3.05) is 26.1 Å². The Morgan fingerprint density at radius 3 is 2.89 bits per heavy atom. The van der Waals surface area contributed by atoms with Crippen molar-refractivity contribution < 1.29 is 14.6 Å². The summed E-state index contributed by atoms with van der Waals surface area (Å²) in [4.78, 5) is 0. The van der Waals surface area contributed by atoms with E-state index in [-0.39, 0.29) is 6.61 Å². The lowest BCUT2D eigenvalue weighted by Crippen LogP contribution is -2.30. The fourth-order valence-electron chi connectivity index (χ4n) is 0.710. The van der Waals surface area contributed by atoms with Crippen LogP contribution >= 0.6 is 11.8 Å². The molecule has 0 radical (unpaired) electrons. The average molecular weight is 150 g/mol. The van der Waals surface area contributed by atoms with Gasteiger partial charge in [0, 0.05) is 12.9 Å². The van der Waals surface area contributed by atoms with Gasteiger partial charge in [-0.2, -0.15) is 0 Å². The van der Waals surface area contributed by atoms with Crippen LogP contribution in [0.1, 0.15) is 0 Å². The second-order valence-electron chi connectivity index (χ2n) is 1.74. The van der Waals surface area contributed by atoms with E-state index in [0.717, 1.165) is 5.75 Å². The van der Waals surface area contributed by atoms with Crippen molar-refractivity contribution in [1.82, 2.24) is 0 Å². The normalized spacial score (nSPS) is 35.3. The van der Waals surface area contributed by atoms with Crippen LogP contribution in [0.25, 0.3) is 0 Å². The highest BCUT2D eigenvalue weighted by atomic mass is 32.2. The highest BCUT2D eigenvalue weighted by molar-refractivity contribution is 8.00. The Labute approximate surface area is 58.3 Å². The first-order valence-electron chi connectivity index (χ1n) is 2.77. The van der Waals surface area contributed by atoms with Crippen LogP contribution < -0.4 is 0 Å². The Bertz CT molecular complexity index is 84.2. The van der Waals surface area contributed by atoms with Crippen LogP contribution in [0.15, 0.2) is 0 Å². The van der Waals surface area contributed by atoms with Crippen molar-refractivity contribution in [3.8, 4) is 0 Å². The summed E-state index contributed by atoms with van der Waals surface area (Å²) in [6.45, 7) is 0.591. The Morgan fingerprint density at radius 1 is 1.89 bits per heavy atom. The fourth-order valence-corrected chi connectivity index (χ4v) is 1.56. The minimum atomic E-state index is -0.750. The quantitative estimate of drug-likeness (QED) is 0.603. The van der Waals surface area contributed by atoms with Crippen molar-refractivity contribution in [1.29, 1.82) is 0 Å². The van der Waals surface area contributed by atoms with Gasteiger partial charge in [-0.25, -0.2) is 0 Å². The van der Waals surface area contributed by atoms with E-state index >= 15 is 0 Å². The smallest absolute Gasteiger partial charge is 0.242 e. The fraction of sp³-hybridized carbons (Fsp3) is 1.00. The molecule has 1 fully saturated rings. The summed E-state index contributed by atoms with van der Waals surface area (Å²) in [6.07, 6.45) is 0. The molecule has 0 spiro atoms. The molecule has 0 saturated carbocycles. The molecule has 1 unspecified atom stereocenters. The predicted molar refractivity (Wildman–Crippen MR) is 35.2 cm³/mol. The van der Waals surface area contributed by atoms with Gasteiger partial charge in [0.15, 0.2) is 0 Å². The molecule has 0 aromatic heterocycles. The zero-order valence-electron chi connectivity index (χ0n) is 5.29. The van der Waals surface area contributed by atoms with Crippen molar-refractivity contribution in [3.63, 3.8) is 0 Å². The van der Waals surface area contributed by atoms with Crippen molar-refractivity contribution in [2.24, 2.45) is 0 Å². The number of hydrogen-bond donors (Lipinski definition) is 1. The van der Waals surface area contributed by atoms with Gasteiger partial charge in [0.05, 0.1) is 6.61 Å². The minimum Gasteiger partial charge on any atom is -0.390 e. The third kappa shape index (κ3) is 1.38. The molecular formula is C5H10O3S. The second-order valence-corrected chi connectivity index (χ2v) is 3.06. The summed E-state index contributed by atoms with van der Waals surface area (Å²) in [5.41, 5.74) is 0. The summed E-state index contributed by atoms with van der Waals surface area (Å²) in [7, 11) is 1.54. The monoisotopic (exact) mass is 150 g/mol. The molecule has 1 N–H and O–H groups in total. The molecule has 0 aliphatic carbocycles. The highest BCUT2D eigenvalue weighted by Gasteiger charge is 2.35. The summed E-state index contributed by atoms with van der Waals surface area (Å²) in [6, 6.07) is 0. The maximum absolute atomic E-state index is 8.75. The number of methoxy groups -OCH3 is 1. The molecule has 3 nitrogen and oxygen atoms in total. The first-order valence-corrected chi connectivity index (χ1v) is 3.75. The number of ether oxygens (including phenoxy) is 2. The maximum Gasteiger partial charge on any atom is 0.242 e. The Balaban J connectivity index is 2.45. The number of rotatable bonds is 2. The van der Waals surface area contributed by atoms with Gasteiger partial charge in [0.2, 0.25) is 5.12 Å². The zero-order valence-corrected chi connectivity index (χ0v) is 6.11. The molecule has 0 aromatic rings. The van der Waals surface area contributed by atoms with Crippen molar-refractivity contribution in [2.45, 2.75) is 5.12 Å². The first-order chi connectivity index (χ1) is 4.33. The number of thioether (sulfide) groups is 1. The standard InChI is InChI=1S/C5H10O3S/c1-7-5(4-6)8-2-3-9-5/h6H,2-4H2,1H3. The molecule has 1 aliphatic heterocycles. The van der Waals surface area contributed by atoms with E-state index in [0.29, 0.717) is 6.61 Å². The minimum absolute atomic E-state index is 0.0752. The van der Waals surface area contributed by atoms with Gasteiger partial charge in [-0.3, -0.25) is 0 Å². The predicted octanol–water partition coefficient (Wildman–Crippen LogP) is 0.0423. The van der Waals surface area contributed by atoms with Crippen molar-refractivity contribution >= 4 is 11.8 Å². The van der Waals surface area contributed by atoms with Crippen LogP contribution in [-0.4, -0.2) is 36.3 Å². The molecule has 9 heavy (non-hydrogen) atoms. The van der Waals surface area contributed by atoms with E-state index in [4.69, 9.17) is 14.6 Å². The van der Waals surface area contributed by atoms with Gasteiger partial charge < -0.3 is 14.6 Å². The van der Waals surface area contributed by atoms with Gasteiger partial charge in [-0.15, -0.1) is 0 Å². The van der Waals surface area contributed by atoms with Crippen LogP contribution in [0.3, 0.4) is 0 Å². The van der Waals surface area contributed by atoms with Gasteiger partial charge in [0.1, 0.15) is 6.61 Å². The maximum atomic E-state index is 8.75. The molecule has 1 aliphatic rings. The van der Waals surface area contributed by atoms with Crippen LogP contribution in [0, 0.1) is 0 Å². The van der Waals surface area contributed by atoms with Gasteiger partial charge in [0.25, 0.3) is 0 Å². The lowest BCUT2D eigenvalue weighted by Gasteiger charge is -2.21. The van der Waals surface area contributed by atoms with Gasteiger partial charge in [-0.1, -0.05) is 11.8 Å². The molecule has 54 valence electrons. The van der Waals surface area contributed by atoms with E-state index in [1.165, 1.54) is 18.9 Å². The molecule has 1 atom stereocenters. The van der Waals surface area contributed by atoms with E-state index in [2.05, 4.69) is 0 Å². The Kier molecular flexibility index (Phi) is 2.35. The van der Waals surface area contributed by atoms with E-state index < -0.39 is 5.12 Å². The summed E-state index contributed by atoms with van der Waals surface area (Å²) in [5.74, 6) is 0.897. The number of aliphatic hydroxyl groups is 1. The van der Waals surface area contributed by atoms with Gasteiger partial charge in [-0.05, 0) is 0 Å². The van der Waals surface area contributed by atoms with Crippen LogP contribution in [0.4, 0.5) is 0 Å². The molecule has 1 rings (SSSR count). The van der Waals surface area contributed by atoms with Crippen LogP contribution in [0.5, 0.6) is 0 Å². The largest absolute Gasteiger partial charge is 0.390 e. The number of aliphatic hydroxyl groups excluding tert-OH is 1. The summed E-state index contributed by atoms with van der Waals surface area (Å²) < 4.78 is 10.1. The molecule has 1 heterocycles. The lowest BCUT2D eigenvalue weighted by atomic mass is 10.7. The molecule has 0 amide bonds. The SMILES string of the molecule is COC1(CO)OCCS1. The first kappa shape index (κ1) is 7.34. The number of hydrogen-bond acceptors (Lipinski definition) is 4. The van der Waals surface area contributed by atoms with E-state index in [1.807, 2.05) is 0 Å².